The molecule has 0 bridgehead atoms. The second-order valence-electron chi connectivity index (χ2n) is 10.1. The normalized spacial score (nSPS) is 20.3. The molecule has 188 valence electrons. The summed E-state index contributed by atoms with van der Waals surface area (Å²) in [6.07, 6.45) is 8.48. The zero-order chi connectivity index (χ0) is 24.3. The molecule has 1 saturated heterocycles. The Kier molecular flexibility index (Phi) is 7.51. The van der Waals surface area contributed by atoms with Gasteiger partial charge in [0.1, 0.15) is 5.54 Å². The number of rotatable bonds is 6. The van der Waals surface area contributed by atoms with Crippen molar-refractivity contribution in [3.63, 3.8) is 0 Å². The Morgan fingerprint density at radius 1 is 1.17 bits per heavy atom. The molecule has 2 aromatic rings. The number of thiophene rings is 1. The van der Waals surface area contributed by atoms with Crippen LogP contribution in [0.2, 0.25) is 0 Å². The van der Waals surface area contributed by atoms with E-state index in [0.717, 1.165) is 74.1 Å². The van der Waals surface area contributed by atoms with Crippen LogP contribution in [-0.2, 0) is 40.3 Å². The molecule has 1 aliphatic carbocycles. The number of amides is 2. The Morgan fingerprint density at radius 2 is 1.97 bits per heavy atom. The van der Waals surface area contributed by atoms with Gasteiger partial charge in [0.05, 0.1) is 19.6 Å². The van der Waals surface area contributed by atoms with Crippen molar-refractivity contribution in [2.75, 3.05) is 32.8 Å². The van der Waals surface area contributed by atoms with Crippen LogP contribution >= 0.6 is 11.3 Å². The second kappa shape index (κ2) is 10.8. The van der Waals surface area contributed by atoms with Crippen LogP contribution in [0.3, 0.4) is 0 Å². The van der Waals surface area contributed by atoms with Gasteiger partial charge < -0.3 is 15.0 Å². The minimum Gasteiger partial charge on any atom is -0.379 e. The fourth-order valence-electron chi connectivity index (χ4n) is 6.05. The maximum Gasteiger partial charge on any atom is 0.243 e. The number of aromatic nitrogens is 1. The summed E-state index contributed by atoms with van der Waals surface area (Å²) in [6.45, 7) is 6.91. The minimum atomic E-state index is -0.379. The van der Waals surface area contributed by atoms with Crippen molar-refractivity contribution in [1.29, 1.82) is 0 Å². The van der Waals surface area contributed by atoms with E-state index in [1.807, 2.05) is 29.9 Å². The Balaban J connectivity index is 1.30. The average molecular weight is 497 g/mol. The van der Waals surface area contributed by atoms with E-state index in [9.17, 15) is 9.59 Å². The van der Waals surface area contributed by atoms with Crippen LogP contribution in [0.5, 0.6) is 0 Å². The smallest absolute Gasteiger partial charge is 0.243 e. The molecule has 1 saturated carbocycles. The van der Waals surface area contributed by atoms with Gasteiger partial charge in [-0.1, -0.05) is 19.3 Å². The highest BCUT2D eigenvalue weighted by molar-refractivity contribution is 7.08. The Bertz CT molecular complexity index is 1040. The van der Waals surface area contributed by atoms with E-state index < -0.39 is 0 Å². The molecule has 0 atom stereocenters. The summed E-state index contributed by atoms with van der Waals surface area (Å²) < 4.78 is 5.60. The zero-order valence-corrected chi connectivity index (χ0v) is 21.5. The summed E-state index contributed by atoms with van der Waals surface area (Å²) in [7, 11) is 0. The lowest BCUT2D eigenvalue weighted by Crippen LogP contribution is -2.63. The maximum atomic E-state index is 14.1. The highest BCUT2D eigenvalue weighted by atomic mass is 32.1. The fourth-order valence-corrected chi connectivity index (χ4v) is 6.71. The number of fused-ring (bicyclic) bond motifs is 1. The van der Waals surface area contributed by atoms with E-state index in [1.165, 1.54) is 12.0 Å². The molecule has 0 unspecified atom stereocenters. The van der Waals surface area contributed by atoms with Gasteiger partial charge in [-0.15, -0.1) is 0 Å². The van der Waals surface area contributed by atoms with Crippen LogP contribution in [0.4, 0.5) is 0 Å². The lowest BCUT2D eigenvalue weighted by atomic mass is 9.78. The number of hydrogen-bond donors (Lipinski definition) is 1. The lowest BCUT2D eigenvalue weighted by Gasteiger charge is -2.49. The first kappa shape index (κ1) is 24.4. The van der Waals surface area contributed by atoms with Crippen molar-refractivity contribution >= 4 is 23.2 Å². The van der Waals surface area contributed by atoms with Crippen molar-refractivity contribution in [2.24, 2.45) is 0 Å². The van der Waals surface area contributed by atoms with Crippen molar-refractivity contribution in [3.8, 4) is 0 Å². The molecule has 0 spiro atoms. The molecular weight excluding hydrogens is 460 g/mol. The fraction of sp³-hybridized carbons (Fsp3) is 0.593. The summed E-state index contributed by atoms with van der Waals surface area (Å²) in [4.78, 5) is 35.7. The van der Waals surface area contributed by atoms with Gasteiger partial charge in [0.15, 0.2) is 0 Å². The quantitative estimate of drug-likeness (QED) is 0.665. The van der Waals surface area contributed by atoms with E-state index in [1.54, 1.807) is 11.3 Å². The molecule has 2 aliphatic heterocycles. The Hall–Kier alpha value is -2.29. The Morgan fingerprint density at radius 3 is 2.71 bits per heavy atom. The standard InChI is InChI=1S/C27H36N4O3S/c1-20-24(17-29-25(32)15-21-6-14-35-19-21)23-5-9-30(18-22(23)16-28-20)26(33)27(7-3-2-4-8-27)31-10-12-34-13-11-31/h6,14,16,19H,2-5,7-13,15,17-18H2,1H3,(H,29,32). The largest absolute Gasteiger partial charge is 0.379 e. The van der Waals surface area contributed by atoms with Gasteiger partial charge in [-0.3, -0.25) is 19.5 Å². The van der Waals surface area contributed by atoms with Crippen LogP contribution in [0.15, 0.2) is 23.0 Å². The maximum absolute atomic E-state index is 14.1. The van der Waals surface area contributed by atoms with Gasteiger partial charge in [0, 0.05) is 44.6 Å². The van der Waals surface area contributed by atoms with E-state index in [-0.39, 0.29) is 17.4 Å². The molecule has 3 aliphatic rings. The zero-order valence-electron chi connectivity index (χ0n) is 20.7. The summed E-state index contributed by atoms with van der Waals surface area (Å²) >= 11 is 1.61. The number of ether oxygens (including phenoxy) is 1. The molecule has 2 fully saturated rings. The van der Waals surface area contributed by atoms with Crippen molar-refractivity contribution in [2.45, 2.75) is 70.5 Å². The molecule has 0 radical (unpaired) electrons. The molecule has 35 heavy (non-hydrogen) atoms. The van der Waals surface area contributed by atoms with E-state index in [4.69, 9.17) is 4.74 Å². The van der Waals surface area contributed by atoms with Gasteiger partial charge in [-0.05, 0) is 65.3 Å². The van der Waals surface area contributed by atoms with Crippen LogP contribution in [0.25, 0.3) is 0 Å². The molecule has 2 amide bonds. The van der Waals surface area contributed by atoms with Gasteiger partial charge >= 0.3 is 0 Å². The summed E-state index contributed by atoms with van der Waals surface area (Å²) in [5.74, 6) is 0.314. The molecule has 7 nitrogen and oxygen atoms in total. The monoisotopic (exact) mass is 496 g/mol. The van der Waals surface area contributed by atoms with Crippen LogP contribution in [-0.4, -0.2) is 65.0 Å². The topological polar surface area (TPSA) is 74.8 Å². The molecule has 2 aromatic heterocycles. The number of nitrogens with zero attached hydrogens (tertiary/aromatic N) is 3. The molecule has 8 heteroatoms. The van der Waals surface area contributed by atoms with E-state index in [2.05, 4.69) is 20.1 Å². The first-order chi connectivity index (χ1) is 17.1. The van der Waals surface area contributed by atoms with E-state index in [0.29, 0.717) is 32.7 Å². The average Bonchev–Trinajstić information content (AvgIpc) is 3.41. The van der Waals surface area contributed by atoms with Crippen LogP contribution in [0, 0.1) is 6.92 Å². The van der Waals surface area contributed by atoms with Gasteiger partial charge in [0.25, 0.3) is 0 Å². The molecule has 4 heterocycles. The van der Waals surface area contributed by atoms with Crippen LogP contribution in [0.1, 0.15) is 60.1 Å². The minimum absolute atomic E-state index is 0.0257. The summed E-state index contributed by atoms with van der Waals surface area (Å²) in [6, 6.07) is 1.99. The number of morpholine rings is 1. The third-order valence-corrected chi connectivity index (χ3v) is 8.72. The lowest BCUT2D eigenvalue weighted by molar-refractivity contribution is -0.152. The third-order valence-electron chi connectivity index (χ3n) is 7.99. The molecule has 0 aromatic carbocycles. The number of nitrogens with one attached hydrogen (secondary N) is 1. The predicted octanol–water partition coefficient (Wildman–Crippen LogP) is 3.23. The molecule has 1 N–H and O–H groups in total. The number of carbonyl (C=O) groups is 2. The van der Waals surface area contributed by atoms with Gasteiger partial charge in [-0.25, -0.2) is 0 Å². The number of aryl methyl sites for hydroxylation is 1. The molecular formula is C27H36N4O3S. The first-order valence-electron chi connectivity index (χ1n) is 12.9. The van der Waals surface area contributed by atoms with Crippen molar-refractivity contribution in [1.82, 2.24) is 20.1 Å². The second-order valence-corrected chi connectivity index (χ2v) is 10.9. The highest BCUT2D eigenvalue weighted by Crippen LogP contribution is 2.37. The summed E-state index contributed by atoms with van der Waals surface area (Å²) in [5, 5.41) is 7.10. The first-order valence-corrected chi connectivity index (χ1v) is 13.9. The summed E-state index contributed by atoms with van der Waals surface area (Å²) in [5.41, 5.74) is 5.09. The van der Waals surface area contributed by atoms with Crippen molar-refractivity contribution < 1.29 is 14.3 Å². The van der Waals surface area contributed by atoms with Gasteiger partial charge in [-0.2, -0.15) is 11.3 Å². The van der Waals surface area contributed by atoms with Gasteiger partial charge in [0.2, 0.25) is 11.8 Å². The highest BCUT2D eigenvalue weighted by Gasteiger charge is 2.47. The van der Waals surface area contributed by atoms with E-state index >= 15 is 0 Å². The van der Waals surface area contributed by atoms with Crippen molar-refractivity contribution in [3.05, 3.63) is 51.0 Å². The Labute approximate surface area is 211 Å². The SMILES string of the molecule is Cc1ncc2c(c1CNC(=O)Cc1ccsc1)CCN(C(=O)C1(N3CCOCC3)CCCCC1)C2. The van der Waals surface area contributed by atoms with Crippen LogP contribution < -0.4 is 5.32 Å². The number of carbonyl (C=O) groups excluding carboxylic acids is 2. The molecule has 5 rings (SSSR count). The number of pyridine rings is 1. The third kappa shape index (κ3) is 5.15. The predicted molar refractivity (Wildman–Crippen MR) is 136 cm³/mol. The number of hydrogen-bond acceptors (Lipinski definition) is 6.